The third kappa shape index (κ3) is 5.85. The molecule has 0 saturated heterocycles. The van der Waals surface area contributed by atoms with Crippen molar-refractivity contribution in [3.63, 3.8) is 0 Å². The first-order valence-electron chi connectivity index (χ1n) is 8.34. The molecule has 0 saturated carbocycles. The second-order valence-corrected chi connectivity index (χ2v) is 6.92. The number of nitrogens with zero attached hydrogens (tertiary/aromatic N) is 1. The monoisotopic (exact) mass is 360 g/mol. The van der Waals surface area contributed by atoms with Crippen molar-refractivity contribution in [2.75, 3.05) is 20.6 Å². The Kier molecular flexibility index (Phi) is 7.00. The first kappa shape index (κ1) is 19.4. The normalized spacial score (nSPS) is 13.3. The van der Waals surface area contributed by atoms with Crippen LogP contribution in [0.4, 0.5) is 0 Å². The summed E-state index contributed by atoms with van der Waals surface area (Å²) in [6.07, 6.45) is 0.222. The SMILES string of the molecule is C[C@H](Cc1ccc(C(=O)N(C)C)cc1)NC[C@H](O)c1cccc(Cl)c1. The zero-order valence-electron chi connectivity index (χ0n) is 14.9. The van der Waals surface area contributed by atoms with E-state index in [2.05, 4.69) is 12.2 Å². The Balaban J connectivity index is 1.85. The number of rotatable bonds is 7. The fraction of sp³-hybridized carbons (Fsp3) is 0.350. The molecule has 0 bridgehead atoms. The summed E-state index contributed by atoms with van der Waals surface area (Å²) in [4.78, 5) is 13.5. The van der Waals surface area contributed by atoms with Crippen LogP contribution in [0.25, 0.3) is 0 Å². The van der Waals surface area contributed by atoms with E-state index in [0.29, 0.717) is 17.1 Å². The first-order valence-corrected chi connectivity index (χ1v) is 8.72. The van der Waals surface area contributed by atoms with Gasteiger partial charge in [-0.05, 0) is 48.7 Å². The number of benzene rings is 2. The second kappa shape index (κ2) is 8.99. The minimum atomic E-state index is -0.596. The molecular weight excluding hydrogens is 336 g/mol. The van der Waals surface area contributed by atoms with E-state index in [1.165, 1.54) is 0 Å². The fourth-order valence-corrected chi connectivity index (χ4v) is 2.81. The van der Waals surface area contributed by atoms with Crippen molar-refractivity contribution in [3.05, 3.63) is 70.2 Å². The lowest BCUT2D eigenvalue weighted by atomic mass is 10.0. The van der Waals surface area contributed by atoms with E-state index in [1.807, 2.05) is 36.4 Å². The molecule has 0 aliphatic rings. The number of halogens is 1. The highest BCUT2D eigenvalue weighted by atomic mass is 35.5. The van der Waals surface area contributed by atoms with Crippen LogP contribution in [0, 0.1) is 0 Å². The highest BCUT2D eigenvalue weighted by molar-refractivity contribution is 6.30. The highest BCUT2D eigenvalue weighted by Crippen LogP contribution is 2.17. The van der Waals surface area contributed by atoms with Gasteiger partial charge in [0.15, 0.2) is 0 Å². The molecule has 0 fully saturated rings. The lowest BCUT2D eigenvalue weighted by Gasteiger charge is -2.18. The van der Waals surface area contributed by atoms with Crippen molar-refractivity contribution in [3.8, 4) is 0 Å². The van der Waals surface area contributed by atoms with Gasteiger partial charge in [-0.25, -0.2) is 0 Å². The molecular formula is C20H25ClN2O2. The number of carbonyl (C=O) groups excluding carboxylic acids is 1. The van der Waals surface area contributed by atoms with Crippen LogP contribution in [-0.2, 0) is 6.42 Å². The van der Waals surface area contributed by atoms with Gasteiger partial charge < -0.3 is 15.3 Å². The van der Waals surface area contributed by atoms with Crippen LogP contribution in [0.5, 0.6) is 0 Å². The van der Waals surface area contributed by atoms with Crippen molar-refractivity contribution in [1.82, 2.24) is 10.2 Å². The maximum absolute atomic E-state index is 11.9. The molecule has 5 heteroatoms. The summed E-state index contributed by atoms with van der Waals surface area (Å²) < 4.78 is 0. The number of carbonyl (C=O) groups is 1. The van der Waals surface area contributed by atoms with Gasteiger partial charge in [0, 0.05) is 37.3 Å². The molecule has 0 aliphatic heterocycles. The maximum Gasteiger partial charge on any atom is 0.253 e. The summed E-state index contributed by atoms with van der Waals surface area (Å²) in [5, 5.41) is 14.2. The first-order chi connectivity index (χ1) is 11.9. The van der Waals surface area contributed by atoms with Crippen LogP contribution in [0.1, 0.15) is 34.5 Å². The lowest BCUT2D eigenvalue weighted by molar-refractivity contribution is 0.0827. The second-order valence-electron chi connectivity index (χ2n) is 6.48. The van der Waals surface area contributed by atoms with E-state index in [4.69, 9.17) is 11.6 Å². The zero-order chi connectivity index (χ0) is 18.4. The molecule has 0 aromatic heterocycles. The summed E-state index contributed by atoms with van der Waals surface area (Å²) in [7, 11) is 3.49. The van der Waals surface area contributed by atoms with E-state index in [1.54, 1.807) is 31.1 Å². The molecule has 134 valence electrons. The van der Waals surface area contributed by atoms with Gasteiger partial charge in [-0.3, -0.25) is 4.79 Å². The Labute approximate surface area is 154 Å². The lowest BCUT2D eigenvalue weighted by Crippen LogP contribution is -2.32. The molecule has 2 aromatic carbocycles. The van der Waals surface area contributed by atoms with E-state index in [9.17, 15) is 9.90 Å². The summed E-state index contributed by atoms with van der Waals surface area (Å²) in [6.45, 7) is 2.53. The molecule has 25 heavy (non-hydrogen) atoms. The molecule has 0 unspecified atom stereocenters. The molecule has 0 radical (unpaired) electrons. The van der Waals surface area contributed by atoms with Gasteiger partial charge >= 0.3 is 0 Å². The number of aliphatic hydroxyl groups excluding tert-OH is 1. The minimum absolute atomic E-state index is 0.00219. The fourth-order valence-electron chi connectivity index (χ4n) is 2.61. The Morgan fingerprint density at radius 3 is 2.48 bits per heavy atom. The van der Waals surface area contributed by atoms with Crippen LogP contribution >= 0.6 is 11.6 Å². The molecule has 2 atom stereocenters. The van der Waals surface area contributed by atoms with Gasteiger partial charge in [0.1, 0.15) is 0 Å². The molecule has 2 aromatic rings. The summed E-state index contributed by atoms with van der Waals surface area (Å²) in [5.74, 6) is 0.00219. The molecule has 4 nitrogen and oxygen atoms in total. The molecule has 0 heterocycles. The van der Waals surface area contributed by atoms with Gasteiger partial charge in [0.2, 0.25) is 0 Å². The van der Waals surface area contributed by atoms with Gasteiger partial charge in [0.05, 0.1) is 6.10 Å². The molecule has 0 aliphatic carbocycles. The highest BCUT2D eigenvalue weighted by Gasteiger charge is 2.11. The van der Waals surface area contributed by atoms with E-state index >= 15 is 0 Å². The average Bonchev–Trinajstić information content (AvgIpc) is 2.59. The minimum Gasteiger partial charge on any atom is -0.387 e. The predicted octanol–water partition coefficient (Wildman–Crippen LogP) is 3.30. The van der Waals surface area contributed by atoms with Crippen LogP contribution in [0.15, 0.2) is 48.5 Å². The zero-order valence-corrected chi connectivity index (χ0v) is 15.6. The number of nitrogens with one attached hydrogen (secondary N) is 1. The van der Waals surface area contributed by atoms with Crippen molar-refractivity contribution in [1.29, 1.82) is 0 Å². The van der Waals surface area contributed by atoms with Crippen LogP contribution in [0.2, 0.25) is 5.02 Å². The quantitative estimate of drug-likeness (QED) is 0.796. The van der Waals surface area contributed by atoms with Crippen molar-refractivity contribution < 1.29 is 9.90 Å². The van der Waals surface area contributed by atoms with E-state index in [-0.39, 0.29) is 11.9 Å². The summed E-state index contributed by atoms with van der Waals surface area (Å²) in [5.41, 5.74) is 2.64. The van der Waals surface area contributed by atoms with Gasteiger partial charge in [-0.2, -0.15) is 0 Å². The standard InChI is InChI=1S/C20H25ClN2O2/c1-14(22-13-19(24)17-5-4-6-18(21)12-17)11-15-7-9-16(10-8-15)20(25)23(2)3/h4-10,12,14,19,22,24H,11,13H2,1-3H3/t14-,19+/m1/s1. The van der Waals surface area contributed by atoms with Crippen LogP contribution in [-0.4, -0.2) is 42.6 Å². The third-order valence-electron chi connectivity index (χ3n) is 4.04. The Morgan fingerprint density at radius 1 is 1.20 bits per heavy atom. The maximum atomic E-state index is 11.9. The average molecular weight is 361 g/mol. The smallest absolute Gasteiger partial charge is 0.253 e. The Hall–Kier alpha value is -1.88. The van der Waals surface area contributed by atoms with Gasteiger partial charge in [-0.1, -0.05) is 35.9 Å². The topological polar surface area (TPSA) is 52.6 Å². The largest absolute Gasteiger partial charge is 0.387 e. The number of amides is 1. The molecule has 2 rings (SSSR count). The Morgan fingerprint density at radius 2 is 1.88 bits per heavy atom. The summed E-state index contributed by atoms with van der Waals surface area (Å²) in [6, 6.07) is 15.1. The van der Waals surface area contributed by atoms with E-state index in [0.717, 1.165) is 17.5 Å². The summed E-state index contributed by atoms with van der Waals surface area (Å²) >= 11 is 5.95. The molecule has 2 N–H and O–H groups in total. The van der Waals surface area contributed by atoms with Crippen LogP contribution in [0.3, 0.4) is 0 Å². The van der Waals surface area contributed by atoms with Gasteiger partial charge in [-0.15, -0.1) is 0 Å². The van der Waals surface area contributed by atoms with Crippen molar-refractivity contribution >= 4 is 17.5 Å². The van der Waals surface area contributed by atoms with Crippen molar-refractivity contribution in [2.45, 2.75) is 25.5 Å². The third-order valence-corrected chi connectivity index (χ3v) is 4.28. The molecule has 1 amide bonds. The Bertz CT molecular complexity index is 701. The van der Waals surface area contributed by atoms with E-state index < -0.39 is 6.10 Å². The van der Waals surface area contributed by atoms with Gasteiger partial charge in [0.25, 0.3) is 5.91 Å². The number of hydrogen-bond donors (Lipinski definition) is 2. The van der Waals surface area contributed by atoms with Crippen LogP contribution < -0.4 is 5.32 Å². The molecule has 0 spiro atoms. The van der Waals surface area contributed by atoms with Crippen molar-refractivity contribution in [2.24, 2.45) is 0 Å². The predicted molar refractivity (Wildman–Crippen MR) is 102 cm³/mol. The number of aliphatic hydroxyl groups is 1. The number of hydrogen-bond acceptors (Lipinski definition) is 3.